The fourth-order valence-electron chi connectivity index (χ4n) is 2.02. The second-order valence-electron chi connectivity index (χ2n) is 4.51. The van der Waals surface area contributed by atoms with Crippen LogP contribution < -0.4 is 9.47 Å². The van der Waals surface area contributed by atoms with E-state index in [2.05, 4.69) is 0 Å². The summed E-state index contributed by atoms with van der Waals surface area (Å²) in [6, 6.07) is 3.62. The Morgan fingerprint density at radius 2 is 1.89 bits per heavy atom. The van der Waals surface area contributed by atoms with Gasteiger partial charge in [-0.15, -0.1) is 0 Å². The fraction of sp³-hybridized carbons (Fsp3) is 0.500. The molecule has 0 saturated heterocycles. The minimum Gasteiger partial charge on any atom is -0.496 e. The Kier molecular flexibility index (Phi) is 5.48. The van der Waals surface area contributed by atoms with Crippen LogP contribution in [0, 0.1) is 5.92 Å². The minimum atomic E-state index is 0.197. The molecule has 100 valence electrons. The number of ketones is 1. The van der Waals surface area contributed by atoms with Gasteiger partial charge in [0.05, 0.1) is 19.2 Å². The van der Waals surface area contributed by atoms with E-state index in [1.165, 1.54) is 0 Å². The van der Waals surface area contributed by atoms with Crippen molar-refractivity contribution in [3.05, 3.63) is 22.7 Å². The average Bonchev–Trinajstić information content (AvgIpc) is 2.29. The number of carbonyl (C=O) groups excluding carboxylic acids is 1. The van der Waals surface area contributed by atoms with Gasteiger partial charge in [-0.25, -0.2) is 0 Å². The molecule has 1 aromatic rings. The van der Waals surface area contributed by atoms with Gasteiger partial charge >= 0.3 is 0 Å². The van der Waals surface area contributed by atoms with Gasteiger partial charge in [-0.1, -0.05) is 18.5 Å². The Bertz CT molecular complexity index is 429. The predicted molar refractivity (Wildman–Crippen MR) is 72.7 cm³/mol. The highest BCUT2D eigenvalue weighted by atomic mass is 35.5. The van der Waals surface area contributed by atoms with E-state index >= 15 is 0 Å². The lowest BCUT2D eigenvalue weighted by atomic mass is 9.96. The first-order chi connectivity index (χ1) is 8.47. The lowest BCUT2D eigenvalue weighted by molar-refractivity contribution is -0.117. The Morgan fingerprint density at radius 3 is 2.39 bits per heavy atom. The summed E-state index contributed by atoms with van der Waals surface area (Å²) < 4.78 is 10.5. The van der Waals surface area contributed by atoms with E-state index in [4.69, 9.17) is 21.1 Å². The topological polar surface area (TPSA) is 35.5 Å². The maximum absolute atomic E-state index is 11.1. The number of carbonyl (C=O) groups is 1. The number of Topliss-reactive ketones (excluding diaryl/α,β-unsaturated/α-hetero) is 1. The molecular weight excluding hydrogens is 252 g/mol. The summed E-state index contributed by atoms with van der Waals surface area (Å²) in [5, 5.41) is 0.525. The van der Waals surface area contributed by atoms with Crippen molar-refractivity contribution in [2.24, 2.45) is 5.92 Å². The summed E-state index contributed by atoms with van der Waals surface area (Å²) in [4.78, 5) is 11.1. The first-order valence-electron chi connectivity index (χ1n) is 5.87. The van der Waals surface area contributed by atoms with Crippen LogP contribution in [0.15, 0.2) is 12.1 Å². The Labute approximate surface area is 113 Å². The molecule has 0 spiro atoms. The van der Waals surface area contributed by atoms with E-state index in [0.717, 1.165) is 17.7 Å². The molecule has 1 unspecified atom stereocenters. The number of halogens is 1. The molecule has 0 saturated carbocycles. The van der Waals surface area contributed by atoms with Crippen LogP contribution >= 0.6 is 11.6 Å². The van der Waals surface area contributed by atoms with Crippen molar-refractivity contribution in [1.29, 1.82) is 0 Å². The SMILES string of the molecule is COc1cc(CC(C)CC(C)=O)c(OC)cc1Cl. The van der Waals surface area contributed by atoms with E-state index in [1.807, 2.05) is 13.0 Å². The van der Waals surface area contributed by atoms with Crippen LogP contribution in [0.1, 0.15) is 25.8 Å². The third-order valence-corrected chi connectivity index (χ3v) is 3.05. The van der Waals surface area contributed by atoms with E-state index in [9.17, 15) is 4.79 Å². The zero-order chi connectivity index (χ0) is 13.7. The molecule has 3 nitrogen and oxygen atoms in total. The van der Waals surface area contributed by atoms with Crippen molar-refractivity contribution in [2.75, 3.05) is 14.2 Å². The number of hydrogen-bond acceptors (Lipinski definition) is 3. The molecule has 1 atom stereocenters. The lowest BCUT2D eigenvalue weighted by Crippen LogP contribution is -2.06. The Morgan fingerprint density at radius 1 is 1.28 bits per heavy atom. The highest BCUT2D eigenvalue weighted by Gasteiger charge is 2.14. The van der Waals surface area contributed by atoms with E-state index < -0.39 is 0 Å². The van der Waals surface area contributed by atoms with Gasteiger partial charge in [-0.05, 0) is 30.9 Å². The molecule has 0 bridgehead atoms. The molecule has 1 rings (SSSR count). The van der Waals surface area contributed by atoms with Crippen LogP contribution in [0.3, 0.4) is 0 Å². The molecule has 0 aliphatic heterocycles. The third-order valence-electron chi connectivity index (χ3n) is 2.76. The summed E-state index contributed by atoms with van der Waals surface area (Å²) in [5.74, 6) is 1.82. The van der Waals surface area contributed by atoms with Crippen molar-refractivity contribution >= 4 is 17.4 Å². The van der Waals surface area contributed by atoms with Crippen LogP contribution in [-0.4, -0.2) is 20.0 Å². The first kappa shape index (κ1) is 14.8. The second-order valence-corrected chi connectivity index (χ2v) is 4.92. The molecule has 0 aliphatic rings. The van der Waals surface area contributed by atoms with Crippen LogP contribution in [-0.2, 0) is 11.2 Å². The molecule has 1 aromatic carbocycles. The highest BCUT2D eigenvalue weighted by Crippen LogP contribution is 2.33. The molecule has 0 aliphatic carbocycles. The standard InChI is InChI=1S/C14H19ClO3/c1-9(5-10(2)16)6-11-7-14(18-4)12(15)8-13(11)17-3/h7-9H,5-6H2,1-4H3. The van der Waals surface area contributed by atoms with Crippen LogP contribution in [0.5, 0.6) is 11.5 Å². The molecule has 4 heteroatoms. The monoisotopic (exact) mass is 270 g/mol. The number of benzene rings is 1. The summed E-state index contributed by atoms with van der Waals surface area (Å²) in [7, 11) is 3.19. The van der Waals surface area contributed by atoms with Crippen molar-refractivity contribution < 1.29 is 14.3 Å². The van der Waals surface area contributed by atoms with Crippen molar-refractivity contribution in [1.82, 2.24) is 0 Å². The molecule has 0 aromatic heterocycles. The van der Waals surface area contributed by atoms with Crippen molar-refractivity contribution in [3.8, 4) is 11.5 Å². The van der Waals surface area contributed by atoms with Gasteiger partial charge in [0.2, 0.25) is 0 Å². The summed E-state index contributed by atoms with van der Waals surface area (Å²) in [6.07, 6.45) is 1.32. The predicted octanol–water partition coefficient (Wildman–Crippen LogP) is 3.51. The number of hydrogen-bond donors (Lipinski definition) is 0. The number of ether oxygens (including phenoxy) is 2. The quantitative estimate of drug-likeness (QED) is 0.793. The van der Waals surface area contributed by atoms with Gasteiger partial charge < -0.3 is 14.3 Å². The van der Waals surface area contributed by atoms with E-state index in [-0.39, 0.29) is 11.7 Å². The smallest absolute Gasteiger partial charge is 0.137 e. The number of rotatable bonds is 6. The summed E-state index contributed by atoms with van der Waals surface area (Å²) in [5.41, 5.74) is 1.01. The van der Waals surface area contributed by atoms with Gasteiger partial charge in [-0.2, -0.15) is 0 Å². The van der Waals surface area contributed by atoms with Crippen LogP contribution in [0.25, 0.3) is 0 Å². The Balaban J connectivity index is 2.95. The molecule has 0 N–H and O–H groups in total. The maximum atomic E-state index is 11.1. The van der Waals surface area contributed by atoms with Gasteiger partial charge in [0, 0.05) is 12.5 Å². The molecule has 0 radical (unpaired) electrons. The van der Waals surface area contributed by atoms with Crippen LogP contribution in [0.4, 0.5) is 0 Å². The second kappa shape index (κ2) is 6.64. The molecule has 0 heterocycles. The summed E-state index contributed by atoms with van der Waals surface area (Å²) in [6.45, 7) is 3.65. The van der Waals surface area contributed by atoms with Crippen molar-refractivity contribution in [3.63, 3.8) is 0 Å². The normalized spacial score (nSPS) is 12.1. The lowest BCUT2D eigenvalue weighted by Gasteiger charge is -2.15. The molecule has 18 heavy (non-hydrogen) atoms. The van der Waals surface area contributed by atoms with Gasteiger partial charge in [0.1, 0.15) is 17.3 Å². The largest absolute Gasteiger partial charge is 0.496 e. The highest BCUT2D eigenvalue weighted by molar-refractivity contribution is 6.32. The zero-order valence-corrected chi connectivity index (χ0v) is 12.0. The average molecular weight is 271 g/mol. The molecule has 0 amide bonds. The third kappa shape index (κ3) is 3.91. The fourth-order valence-corrected chi connectivity index (χ4v) is 2.25. The van der Waals surface area contributed by atoms with E-state index in [0.29, 0.717) is 17.2 Å². The number of methoxy groups -OCH3 is 2. The molecular formula is C14H19ClO3. The van der Waals surface area contributed by atoms with E-state index in [1.54, 1.807) is 27.2 Å². The summed E-state index contributed by atoms with van der Waals surface area (Å²) >= 11 is 6.04. The zero-order valence-electron chi connectivity index (χ0n) is 11.2. The molecule has 0 fully saturated rings. The Hall–Kier alpha value is -1.22. The minimum absolute atomic E-state index is 0.197. The van der Waals surface area contributed by atoms with Crippen molar-refractivity contribution in [2.45, 2.75) is 26.7 Å². The van der Waals surface area contributed by atoms with Gasteiger partial charge in [0.25, 0.3) is 0 Å². The first-order valence-corrected chi connectivity index (χ1v) is 6.25. The maximum Gasteiger partial charge on any atom is 0.137 e. The van der Waals surface area contributed by atoms with Crippen LogP contribution in [0.2, 0.25) is 5.02 Å². The van der Waals surface area contributed by atoms with Gasteiger partial charge in [-0.3, -0.25) is 0 Å². The van der Waals surface area contributed by atoms with Gasteiger partial charge in [0.15, 0.2) is 0 Å².